The molecule has 0 saturated carbocycles. The van der Waals surface area contributed by atoms with Gasteiger partial charge in [0.1, 0.15) is 5.75 Å². The fourth-order valence-electron chi connectivity index (χ4n) is 1.59. The van der Waals surface area contributed by atoms with Crippen molar-refractivity contribution in [1.29, 1.82) is 0 Å². The summed E-state index contributed by atoms with van der Waals surface area (Å²) in [6.07, 6.45) is 0.400. The Labute approximate surface area is 122 Å². The molecular formula is C16H26N2O2. The summed E-state index contributed by atoms with van der Waals surface area (Å²) in [6.45, 7) is 7.63. The Balaban J connectivity index is 2.45. The average molecular weight is 278 g/mol. The summed E-state index contributed by atoms with van der Waals surface area (Å²) in [5, 5.41) is 3.44. The number of nitrogens with zero attached hydrogens (tertiary/aromatic N) is 1. The van der Waals surface area contributed by atoms with E-state index in [1.165, 1.54) is 5.56 Å². The maximum absolute atomic E-state index is 11.4. The normalized spacial score (nSPS) is 11.2. The predicted molar refractivity (Wildman–Crippen MR) is 81.8 cm³/mol. The third-order valence-electron chi connectivity index (χ3n) is 2.80. The van der Waals surface area contributed by atoms with Crippen molar-refractivity contribution in [2.24, 2.45) is 0 Å². The number of carbonyl (C=O) groups excluding carboxylic acids is 1. The van der Waals surface area contributed by atoms with E-state index < -0.39 is 0 Å². The molecule has 0 aliphatic rings. The summed E-state index contributed by atoms with van der Waals surface area (Å²) in [4.78, 5) is 13.0. The van der Waals surface area contributed by atoms with Crippen molar-refractivity contribution in [3.8, 4) is 5.75 Å². The summed E-state index contributed by atoms with van der Waals surface area (Å²) in [5.74, 6) is 0.889. The van der Waals surface area contributed by atoms with Crippen LogP contribution in [0.5, 0.6) is 5.75 Å². The molecule has 0 bridgehead atoms. The molecule has 1 amide bonds. The summed E-state index contributed by atoms with van der Waals surface area (Å²) < 4.78 is 5.62. The molecule has 1 rings (SSSR count). The van der Waals surface area contributed by atoms with Crippen molar-refractivity contribution in [1.82, 2.24) is 10.2 Å². The Bertz CT molecular complexity index is 436. The lowest BCUT2D eigenvalue weighted by molar-refractivity contribution is -0.129. The van der Waals surface area contributed by atoms with Crippen molar-refractivity contribution in [3.05, 3.63) is 29.8 Å². The monoisotopic (exact) mass is 278 g/mol. The Kier molecular flexibility index (Phi) is 6.02. The quantitative estimate of drug-likeness (QED) is 0.869. The first-order valence-corrected chi connectivity index (χ1v) is 6.95. The molecule has 4 nitrogen and oxygen atoms in total. The molecule has 112 valence electrons. The molecule has 0 radical (unpaired) electrons. The van der Waals surface area contributed by atoms with E-state index in [2.05, 4.69) is 32.2 Å². The molecule has 0 atom stereocenters. The van der Waals surface area contributed by atoms with E-state index in [1.807, 2.05) is 18.2 Å². The van der Waals surface area contributed by atoms with Crippen molar-refractivity contribution >= 4 is 5.91 Å². The number of amides is 1. The van der Waals surface area contributed by atoms with Crippen LogP contribution < -0.4 is 10.1 Å². The van der Waals surface area contributed by atoms with Crippen LogP contribution in [0.3, 0.4) is 0 Å². The molecule has 0 aromatic heterocycles. The van der Waals surface area contributed by atoms with E-state index in [-0.39, 0.29) is 11.4 Å². The van der Waals surface area contributed by atoms with Crippen molar-refractivity contribution < 1.29 is 9.53 Å². The molecule has 0 aliphatic carbocycles. The first-order chi connectivity index (χ1) is 9.28. The number of benzene rings is 1. The molecule has 0 unspecified atom stereocenters. The van der Waals surface area contributed by atoms with Gasteiger partial charge in [-0.05, 0) is 38.5 Å². The highest BCUT2D eigenvalue weighted by atomic mass is 16.5. The van der Waals surface area contributed by atoms with E-state index >= 15 is 0 Å². The standard InChI is InChI=1S/C16H26N2O2/c1-16(2,3)17-12-13-7-6-8-14(11-13)20-10-9-15(19)18(4)5/h6-8,11,17H,9-10,12H2,1-5H3. The van der Waals surface area contributed by atoms with Crippen LogP contribution in [0.1, 0.15) is 32.8 Å². The molecule has 20 heavy (non-hydrogen) atoms. The average Bonchev–Trinajstić information content (AvgIpc) is 2.36. The fraction of sp³-hybridized carbons (Fsp3) is 0.562. The zero-order chi connectivity index (χ0) is 15.2. The van der Waals surface area contributed by atoms with Gasteiger partial charge in [-0.1, -0.05) is 12.1 Å². The lowest BCUT2D eigenvalue weighted by atomic mass is 10.1. The lowest BCUT2D eigenvalue weighted by Gasteiger charge is -2.20. The van der Waals surface area contributed by atoms with Gasteiger partial charge >= 0.3 is 0 Å². The molecular weight excluding hydrogens is 252 g/mol. The van der Waals surface area contributed by atoms with Crippen LogP contribution in [0.2, 0.25) is 0 Å². The van der Waals surface area contributed by atoms with E-state index in [4.69, 9.17) is 4.74 Å². The zero-order valence-corrected chi connectivity index (χ0v) is 13.2. The molecule has 1 aromatic rings. The number of ether oxygens (including phenoxy) is 1. The molecule has 0 fully saturated rings. The van der Waals surface area contributed by atoms with Gasteiger partial charge in [0.05, 0.1) is 13.0 Å². The van der Waals surface area contributed by atoms with Crippen LogP contribution in [0.25, 0.3) is 0 Å². The summed E-state index contributed by atoms with van der Waals surface area (Å²) in [5.41, 5.74) is 1.27. The minimum atomic E-state index is 0.0792. The van der Waals surface area contributed by atoms with Crippen molar-refractivity contribution in [2.45, 2.75) is 39.3 Å². The Morgan fingerprint density at radius 3 is 2.60 bits per heavy atom. The summed E-state index contributed by atoms with van der Waals surface area (Å²) >= 11 is 0. The van der Waals surface area contributed by atoms with E-state index in [0.29, 0.717) is 13.0 Å². The fourth-order valence-corrected chi connectivity index (χ4v) is 1.59. The first kappa shape index (κ1) is 16.5. The van der Waals surface area contributed by atoms with Crippen molar-refractivity contribution in [3.63, 3.8) is 0 Å². The Morgan fingerprint density at radius 2 is 2.00 bits per heavy atom. The van der Waals surface area contributed by atoms with Gasteiger partial charge in [0, 0.05) is 26.2 Å². The van der Waals surface area contributed by atoms with Gasteiger partial charge in [-0.2, -0.15) is 0 Å². The largest absolute Gasteiger partial charge is 0.493 e. The second-order valence-electron chi connectivity index (χ2n) is 6.14. The van der Waals surface area contributed by atoms with Gasteiger partial charge in [0.15, 0.2) is 0 Å². The van der Waals surface area contributed by atoms with Crippen molar-refractivity contribution in [2.75, 3.05) is 20.7 Å². The number of rotatable bonds is 6. The number of carbonyl (C=O) groups is 1. The van der Waals surface area contributed by atoms with Crippen LogP contribution in [0.15, 0.2) is 24.3 Å². The third-order valence-corrected chi connectivity index (χ3v) is 2.80. The number of nitrogens with one attached hydrogen (secondary N) is 1. The third kappa shape index (κ3) is 6.57. The van der Waals surface area contributed by atoms with Gasteiger partial charge in [0.2, 0.25) is 5.91 Å². The Morgan fingerprint density at radius 1 is 1.30 bits per heavy atom. The molecule has 1 N–H and O–H groups in total. The maximum atomic E-state index is 11.4. The predicted octanol–water partition coefficient (Wildman–Crippen LogP) is 2.43. The topological polar surface area (TPSA) is 41.6 Å². The van der Waals surface area contributed by atoms with E-state index in [1.54, 1.807) is 19.0 Å². The minimum absolute atomic E-state index is 0.0792. The second-order valence-corrected chi connectivity index (χ2v) is 6.14. The minimum Gasteiger partial charge on any atom is -0.493 e. The summed E-state index contributed by atoms with van der Waals surface area (Å²) in [6, 6.07) is 7.97. The number of hydrogen-bond donors (Lipinski definition) is 1. The van der Waals surface area contributed by atoms with Crippen LogP contribution >= 0.6 is 0 Å². The molecule has 1 aromatic carbocycles. The molecule has 0 aliphatic heterocycles. The van der Waals surface area contributed by atoms with Gasteiger partial charge < -0.3 is 15.0 Å². The van der Waals surface area contributed by atoms with Gasteiger partial charge in [-0.3, -0.25) is 4.79 Å². The molecule has 0 saturated heterocycles. The van der Waals surface area contributed by atoms with E-state index in [9.17, 15) is 4.79 Å². The maximum Gasteiger partial charge on any atom is 0.225 e. The van der Waals surface area contributed by atoms with Gasteiger partial charge in [0.25, 0.3) is 0 Å². The summed E-state index contributed by atoms with van der Waals surface area (Å²) in [7, 11) is 3.50. The first-order valence-electron chi connectivity index (χ1n) is 6.95. The number of hydrogen-bond acceptors (Lipinski definition) is 3. The Hall–Kier alpha value is -1.55. The molecule has 0 heterocycles. The van der Waals surface area contributed by atoms with E-state index in [0.717, 1.165) is 12.3 Å². The van der Waals surface area contributed by atoms with Crippen LogP contribution in [0.4, 0.5) is 0 Å². The highest BCUT2D eigenvalue weighted by molar-refractivity contribution is 5.75. The van der Waals surface area contributed by atoms with Crippen LogP contribution in [-0.4, -0.2) is 37.0 Å². The second kappa shape index (κ2) is 7.29. The SMILES string of the molecule is CN(C)C(=O)CCOc1cccc(CNC(C)(C)C)c1. The lowest BCUT2D eigenvalue weighted by Crippen LogP contribution is -2.35. The molecule has 4 heteroatoms. The highest BCUT2D eigenvalue weighted by Crippen LogP contribution is 2.14. The van der Waals surface area contributed by atoms with Gasteiger partial charge in [-0.15, -0.1) is 0 Å². The smallest absolute Gasteiger partial charge is 0.225 e. The molecule has 0 spiro atoms. The zero-order valence-electron chi connectivity index (χ0n) is 13.2. The van der Waals surface area contributed by atoms with Gasteiger partial charge in [-0.25, -0.2) is 0 Å². The highest BCUT2D eigenvalue weighted by Gasteiger charge is 2.09. The van der Waals surface area contributed by atoms with Crippen LogP contribution in [-0.2, 0) is 11.3 Å². The van der Waals surface area contributed by atoms with Crippen LogP contribution in [0, 0.1) is 0 Å².